The molecule has 0 fully saturated rings. The molecule has 2 aromatic rings. The number of sulfonamides is 1. The quantitative estimate of drug-likeness (QED) is 0.309. The van der Waals surface area contributed by atoms with Gasteiger partial charge < -0.3 is 10.6 Å². The Morgan fingerprint density at radius 2 is 1.77 bits per heavy atom. The van der Waals surface area contributed by atoms with Gasteiger partial charge in [-0.1, -0.05) is 32.7 Å². The monoisotopic (exact) mass is 459 g/mol. The first kappa shape index (κ1) is 20.4. The van der Waals surface area contributed by atoms with Crippen LogP contribution in [0.15, 0.2) is 63.1 Å². The van der Waals surface area contributed by atoms with Crippen molar-refractivity contribution < 1.29 is 18.0 Å². The lowest BCUT2D eigenvalue weighted by molar-refractivity contribution is -0.143. The maximum absolute atomic E-state index is 12.4. The van der Waals surface area contributed by atoms with E-state index in [2.05, 4.69) is 25.9 Å². The van der Waals surface area contributed by atoms with Crippen LogP contribution in [0.1, 0.15) is 5.56 Å². The van der Waals surface area contributed by atoms with Gasteiger partial charge in [-0.2, -0.15) is 4.31 Å². The Hall–Kier alpha value is -1.94. The summed E-state index contributed by atoms with van der Waals surface area (Å²) >= 11 is 9.00. The molecule has 7 nitrogen and oxygen atoms in total. The van der Waals surface area contributed by atoms with Crippen molar-refractivity contribution in [2.75, 3.05) is 13.6 Å². The number of nitrogens with two attached hydrogens (primary N) is 1. The zero-order chi connectivity index (χ0) is 19.3. The highest BCUT2D eigenvalue weighted by atomic mass is 79.9. The van der Waals surface area contributed by atoms with Gasteiger partial charge in [0.15, 0.2) is 5.84 Å². The fourth-order valence-electron chi connectivity index (χ4n) is 1.86. The first-order valence-corrected chi connectivity index (χ1v) is 9.82. The first-order chi connectivity index (χ1) is 12.2. The zero-order valence-electron chi connectivity index (χ0n) is 13.6. The second kappa shape index (κ2) is 8.63. The van der Waals surface area contributed by atoms with Crippen LogP contribution in [0.25, 0.3) is 0 Å². The molecule has 0 aromatic heterocycles. The average Bonchev–Trinajstić information content (AvgIpc) is 2.60. The topological polar surface area (TPSA) is 102 Å². The van der Waals surface area contributed by atoms with E-state index in [1.54, 1.807) is 36.4 Å². The number of halogens is 2. The highest BCUT2D eigenvalue weighted by molar-refractivity contribution is 9.10. The van der Waals surface area contributed by atoms with E-state index in [1.807, 2.05) is 0 Å². The molecular weight excluding hydrogens is 446 g/mol. The minimum absolute atomic E-state index is 0.0339. The molecule has 0 atom stereocenters. The Morgan fingerprint density at radius 3 is 2.35 bits per heavy atom. The molecule has 26 heavy (non-hydrogen) atoms. The Kier molecular flexibility index (Phi) is 6.76. The van der Waals surface area contributed by atoms with E-state index in [9.17, 15) is 13.2 Å². The number of likely N-dealkylation sites (N-methyl/N-ethyl adjacent to an activating group) is 1. The SMILES string of the molecule is CN(CC(=O)ON=C(N)c1ccc(Cl)cc1)S(=O)(=O)c1ccc(Br)cc1. The minimum Gasteiger partial charge on any atom is -0.380 e. The summed E-state index contributed by atoms with van der Waals surface area (Å²) < 4.78 is 26.4. The van der Waals surface area contributed by atoms with Crippen molar-refractivity contribution >= 4 is 49.4 Å². The van der Waals surface area contributed by atoms with Gasteiger partial charge in [0.25, 0.3) is 0 Å². The third-order valence-corrected chi connectivity index (χ3v) is 5.86. The standard InChI is InChI=1S/C16H15BrClN3O4S/c1-21(26(23,24)14-8-4-12(17)5-9-14)10-15(22)25-20-16(19)11-2-6-13(18)7-3-11/h2-9H,10H2,1H3,(H2,19,20). The number of nitrogens with zero attached hydrogens (tertiary/aromatic N) is 2. The van der Waals surface area contributed by atoms with Crippen molar-refractivity contribution in [2.45, 2.75) is 4.90 Å². The molecule has 0 radical (unpaired) electrons. The Labute approximate surface area is 164 Å². The van der Waals surface area contributed by atoms with Crippen LogP contribution in [0, 0.1) is 0 Å². The molecule has 0 bridgehead atoms. The fraction of sp³-hybridized carbons (Fsp3) is 0.125. The van der Waals surface area contributed by atoms with Crippen LogP contribution in [0.5, 0.6) is 0 Å². The van der Waals surface area contributed by atoms with Gasteiger partial charge in [0, 0.05) is 22.1 Å². The molecule has 138 valence electrons. The van der Waals surface area contributed by atoms with E-state index >= 15 is 0 Å². The third kappa shape index (κ3) is 5.28. The van der Waals surface area contributed by atoms with E-state index in [4.69, 9.17) is 17.3 Å². The van der Waals surface area contributed by atoms with Gasteiger partial charge in [-0.3, -0.25) is 0 Å². The lowest BCUT2D eigenvalue weighted by atomic mass is 10.2. The molecule has 0 aliphatic carbocycles. The van der Waals surface area contributed by atoms with Gasteiger partial charge in [-0.05, 0) is 48.5 Å². The smallest absolute Gasteiger partial charge is 0.350 e. The summed E-state index contributed by atoms with van der Waals surface area (Å²) in [5.41, 5.74) is 6.22. The third-order valence-electron chi connectivity index (χ3n) is 3.26. The number of hydrogen-bond acceptors (Lipinski definition) is 5. The number of oxime groups is 1. The Balaban J connectivity index is 2.01. The summed E-state index contributed by atoms with van der Waals surface area (Å²) in [6, 6.07) is 12.5. The van der Waals surface area contributed by atoms with Crippen LogP contribution in [-0.4, -0.2) is 38.1 Å². The predicted molar refractivity (Wildman–Crippen MR) is 102 cm³/mol. The number of carbonyl (C=O) groups excluding carboxylic acids is 1. The lowest BCUT2D eigenvalue weighted by Crippen LogP contribution is -2.32. The Morgan fingerprint density at radius 1 is 1.19 bits per heavy atom. The van der Waals surface area contributed by atoms with Crippen molar-refractivity contribution in [3.05, 3.63) is 63.6 Å². The molecule has 0 unspecified atom stereocenters. The molecule has 0 saturated carbocycles. The summed E-state index contributed by atoms with van der Waals surface area (Å²) in [6.07, 6.45) is 0. The van der Waals surface area contributed by atoms with E-state index in [-0.39, 0.29) is 10.7 Å². The van der Waals surface area contributed by atoms with Gasteiger partial charge in [0.2, 0.25) is 10.0 Å². The van der Waals surface area contributed by atoms with Crippen molar-refractivity contribution in [3.8, 4) is 0 Å². The maximum Gasteiger partial charge on any atom is 0.350 e. The maximum atomic E-state index is 12.4. The number of amidine groups is 1. The highest BCUT2D eigenvalue weighted by Crippen LogP contribution is 2.17. The second-order valence-electron chi connectivity index (χ2n) is 5.16. The number of rotatable bonds is 6. The average molecular weight is 461 g/mol. The van der Waals surface area contributed by atoms with Crippen molar-refractivity contribution in [1.82, 2.24) is 4.31 Å². The molecule has 0 saturated heterocycles. The molecule has 0 aliphatic rings. The van der Waals surface area contributed by atoms with E-state index < -0.39 is 22.5 Å². The first-order valence-electron chi connectivity index (χ1n) is 7.21. The number of carbonyl (C=O) groups is 1. The van der Waals surface area contributed by atoms with Crippen LogP contribution >= 0.6 is 27.5 Å². The van der Waals surface area contributed by atoms with Crippen LogP contribution in [0.3, 0.4) is 0 Å². The van der Waals surface area contributed by atoms with Gasteiger partial charge in [0.1, 0.15) is 6.54 Å². The molecule has 2 N–H and O–H groups in total. The number of hydrogen-bond donors (Lipinski definition) is 1. The molecule has 0 heterocycles. The van der Waals surface area contributed by atoms with Gasteiger partial charge in [0.05, 0.1) is 4.90 Å². The predicted octanol–water partition coefficient (Wildman–Crippen LogP) is 2.59. The molecule has 0 spiro atoms. The van der Waals surface area contributed by atoms with Gasteiger partial charge in [-0.15, -0.1) is 0 Å². The summed E-state index contributed by atoms with van der Waals surface area (Å²) in [5.74, 6) is -0.904. The fourth-order valence-corrected chi connectivity index (χ4v) is 3.36. The van der Waals surface area contributed by atoms with E-state index in [0.29, 0.717) is 10.6 Å². The van der Waals surface area contributed by atoms with Gasteiger partial charge in [-0.25, -0.2) is 13.2 Å². The second-order valence-corrected chi connectivity index (χ2v) is 8.56. The molecule has 10 heteroatoms. The van der Waals surface area contributed by atoms with Crippen LogP contribution < -0.4 is 5.73 Å². The zero-order valence-corrected chi connectivity index (χ0v) is 16.8. The molecule has 2 rings (SSSR count). The van der Waals surface area contributed by atoms with Crippen LogP contribution in [0.4, 0.5) is 0 Å². The molecule has 2 aromatic carbocycles. The molecular formula is C16H15BrClN3O4S. The van der Waals surface area contributed by atoms with Crippen molar-refractivity contribution in [3.63, 3.8) is 0 Å². The van der Waals surface area contributed by atoms with Crippen LogP contribution in [-0.2, 0) is 19.7 Å². The molecule has 0 amide bonds. The lowest BCUT2D eigenvalue weighted by Gasteiger charge is -2.15. The number of benzene rings is 2. The largest absolute Gasteiger partial charge is 0.380 e. The minimum atomic E-state index is -3.83. The molecule has 0 aliphatic heterocycles. The summed E-state index contributed by atoms with van der Waals surface area (Å²) in [7, 11) is -2.56. The highest BCUT2D eigenvalue weighted by Gasteiger charge is 2.23. The van der Waals surface area contributed by atoms with Gasteiger partial charge >= 0.3 is 5.97 Å². The summed E-state index contributed by atoms with van der Waals surface area (Å²) in [4.78, 5) is 16.6. The van der Waals surface area contributed by atoms with E-state index in [0.717, 1.165) is 8.78 Å². The van der Waals surface area contributed by atoms with Crippen LogP contribution in [0.2, 0.25) is 5.02 Å². The van der Waals surface area contributed by atoms with Crippen molar-refractivity contribution in [1.29, 1.82) is 0 Å². The van der Waals surface area contributed by atoms with Crippen molar-refractivity contribution in [2.24, 2.45) is 10.9 Å². The normalized spacial score (nSPS) is 12.2. The summed E-state index contributed by atoms with van der Waals surface area (Å²) in [6.45, 7) is -0.518. The Bertz CT molecular complexity index is 916. The summed E-state index contributed by atoms with van der Waals surface area (Å²) in [5, 5.41) is 4.04. The van der Waals surface area contributed by atoms with E-state index in [1.165, 1.54) is 19.2 Å².